The molecule has 0 atom stereocenters. The molecule has 0 aromatic heterocycles. The summed E-state index contributed by atoms with van der Waals surface area (Å²) in [4.78, 5) is 39.4. The number of para-hydroxylation sites is 1. The molecule has 0 saturated carbocycles. The number of hydrogen-bond donors (Lipinski definition) is 3. The van der Waals surface area contributed by atoms with Crippen LogP contribution in [0.25, 0.3) is 6.08 Å². The second-order valence-electron chi connectivity index (χ2n) is 8.67. The topological polar surface area (TPSA) is 96.5 Å². The van der Waals surface area contributed by atoms with E-state index in [1.165, 1.54) is 11.8 Å². The Labute approximate surface area is 251 Å². The van der Waals surface area contributed by atoms with Gasteiger partial charge in [0.25, 0.3) is 11.8 Å². The predicted octanol–water partition coefficient (Wildman–Crippen LogP) is 6.99. The molecule has 4 aromatic rings. The minimum atomic E-state index is -0.491. The summed E-state index contributed by atoms with van der Waals surface area (Å²) in [6, 6.07) is 30.5. The SMILES string of the molecule is CCOc1ccccc1/C=C(\NC(=O)c1ccccc1)C(=O)Nc1ccc(SCC(=O)Nc2ccc(Br)cc2)cc1. The van der Waals surface area contributed by atoms with Crippen molar-refractivity contribution in [3.63, 3.8) is 0 Å². The quantitative estimate of drug-likeness (QED) is 0.123. The van der Waals surface area contributed by atoms with E-state index >= 15 is 0 Å². The van der Waals surface area contributed by atoms with Crippen LogP contribution in [0.1, 0.15) is 22.8 Å². The lowest BCUT2D eigenvalue weighted by Gasteiger charge is -2.13. The molecule has 9 heteroatoms. The molecule has 0 heterocycles. The smallest absolute Gasteiger partial charge is 0.272 e. The number of anilines is 2. The number of thioether (sulfide) groups is 1. The first-order valence-corrected chi connectivity index (χ1v) is 14.6. The van der Waals surface area contributed by atoms with Gasteiger partial charge in [0.15, 0.2) is 0 Å². The monoisotopic (exact) mass is 629 g/mol. The number of ether oxygens (including phenoxy) is 1. The molecule has 0 fully saturated rings. The number of rotatable bonds is 11. The van der Waals surface area contributed by atoms with Crippen LogP contribution in [0.2, 0.25) is 0 Å². The van der Waals surface area contributed by atoms with Crippen LogP contribution < -0.4 is 20.7 Å². The molecule has 0 spiro atoms. The van der Waals surface area contributed by atoms with Crippen molar-refractivity contribution in [2.75, 3.05) is 23.0 Å². The van der Waals surface area contributed by atoms with Gasteiger partial charge in [-0.25, -0.2) is 0 Å². The Kier molecular flexibility index (Phi) is 10.8. The van der Waals surface area contributed by atoms with Crippen LogP contribution >= 0.6 is 27.7 Å². The van der Waals surface area contributed by atoms with Gasteiger partial charge in [0, 0.05) is 31.9 Å². The number of benzene rings is 4. The number of hydrogen-bond acceptors (Lipinski definition) is 5. The van der Waals surface area contributed by atoms with Gasteiger partial charge in [0.2, 0.25) is 5.91 Å². The lowest BCUT2D eigenvalue weighted by Crippen LogP contribution is -2.30. The maximum atomic E-state index is 13.4. The molecule has 0 unspecified atom stereocenters. The Morgan fingerprint density at radius 2 is 1.44 bits per heavy atom. The van der Waals surface area contributed by atoms with Gasteiger partial charge in [-0.1, -0.05) is 52.3 Å². The third kappa shape index (κ3) is 9.09. The Hall–Kier alpha value is -4.34. The number of carbonyl (C=O) groups excluding carboxylic acids is 3. The molecule has 0 saturated heterocycles. The minimum Gasteiger partial charge on any atom is -0.493 e. The van der Waals surface area contributed by atoms with Crippen molar-refractivity contribution in [2.24, 2.45) is 0 Å². The lowest BCUT2D eigenvalue weighted by molar-refractivity contribution is -0.114. The molecule has 0 radical (unpaired) electrons. The zero-order chi connectivity index (χ0) is 29.0. The van der Waals surface area contributed by atoms with E-state index in [9.17, 15) is 14.4 Å². The molecule has 0 aliphatic carbocycles. The third-order valence-corrected chi connectivity index (χ3v) is 7.20. The highest BCUT2D eigenvalue weighted by molar-refractivity contribution is 9.10. The maximum Gasteiger partial charge on any atom is 0.272 e. The van der Waals surface area contributed by atoms with Gasteiger partial charge < -0.3 is 20.7 Å². The molecular formula is C32H28BrN3O4S. The third-order valence-electron chi connectivity index (χ3n) is 5.66. The van der Waals surface area contributed by atoms with Gasteiger partial charge in [-0.2, -0.15) is 0 Å². The summed E-state index contributed by atoms with van der Waals surface area (Å²) in [5.74, 6) is -0.186. The molecule has 0 aliphatic rings. The fourth-order valence-electron chi connectivity index (χ4n) is 3.70. The Morgan fingerprint density at radius 3 is 2.15 bits per heavy atom. The molecule has 4 rings (SSSR count). The van der Waals surface area contributed by atoms with Gasteiger partial charge in [-0.05, 0) is 79.7 Å². The molecule has 3 N–H and O–H groups in total. The summed E-state index contributed by atoms with van der Waals surface area (Å²) in [5.41, 5.74) is 2.41. The lowest BCUT2D eigenvalue weighted by atomic mass is 10.1. The first-order valence-electron chi connectivity index (χ1n) is 12.8. The van der Waals surface area contributed by atoms with E-state index < -0.39 is 11.8 Å². The van der Waals surface area contributed by atoms with Crippen molar-refractivity contribution in [2.45, 2.75) is 11.8 Å². The van der Waals surface area contributed by atoms with Gasteiger partial charge in [-0.3, -0.25) is 14.4 Å². The normalized spacial score (nSPS) is 10.9. The van der Waals surface area contributed by atoms with E-state index in [0.29, 0.717) is 29.2 Å². The Bertz CT molecular complexity index is 1530. The largest absolute Gasteiger partial charge is 0.493 e. The van der Waals surface area contributed by atoms with E-state index in [2.05, 4.69) is 31.9 Å². The molecule has 7 nitrogen and oxygen atoms in total. The van der Waals surface area contributed by atoms with E-state index in [4.69, 9.17) is 4.74 Å². The van der Waals surface area contributed by atoms with Gasteiger partial charge >= 0.3 is 0 Å². The van der Waals surface area contributed by atoms with E-state index in [1.54, 1.807) is 48.5 Å². The molecule has 0 aliphatic heterocycles. The van der Waals surface area contributed by atoms with Crippen LogP contribution in [0.5, 0.6) is 5.75 Å². The maximum absolute atomic E-state index is 13.4. The number of carbonyl (C=O) groups is 3. The minimum absolute atomic E-state index is 0.0640. The second kappa shape index (κ2) is 14.9. The first kappa shape index (κ1) is 29.6. The number of amides is 3. The van der Waals surface area contributed by atoms with Crippen molar-refractivity contribution in [1.82, 2.24) is 5.32 Å². The Balaban J connectivity index is 1.44. The van der Waals surface area contributed by atoms with Gasteiger partial charge in [-0.15, -0.1) is 11.8 Å². The molecule has 3 amide bonds. The molecule has 0 bridgehead atoms. The van der Waals surface area contributed by atoms with E-state index in [-0.39, 0.29) is 17.4 Å². The number of halogens is 1. The zero-order valence-corrected chi connectivity index (χ0v) is 24.6. The summed E-state index contributed by atoms with van der Waals surface area (Å²) in [6.45, 7) is 2.33. The molecular weight excluding hydrogens is 602 g/mol. The van der Waals surface area contributed by atoms with Crippen molar-refractivity contribution in [1.29, 1.82) is 0 Å². The van der Waals surface area contributed by atoms with Gasteiger partial charge in [0.1, 0.15) is 11.4 Å². The molecule has 208 valence electrons. The molecule has 41 heavy (non-hydrogen) atoms. The van der Waals surface area contributed by atoms with Crippen LogP contribution in [-0.4, -0.2) is 30.1 Å². The zero-order valence-electron chi connectivity index (χ0n) is 22.2. The fraction of sp³-hybridized carbons (Fsp3) is 0.0938. The van der Waals surface area contributed by atoms with Crippen molar-refractivity contribution in [3.05, 3.63) is 124 Å². The van der Waals surface area contributed by atoms with E-state index in [0.717, 1.165) is 15.1 Å². The summed E-state index contributed by atoms with van der Waals surface area (Å²) in [5, 5.41) is 8.45. The highest BCUT2D eigenvalue weighted by Crippen LogP contribution is 2.23. The summed E-state index contributed by atoms with van der Waals surface area (Å²) < 4.78 is 6.63. The van der Waals surface area contributed by atoms with Crippen LogP contribution in [0, 0.1) is 0 Å². The van der Waals surface area contributed by atoms with Crippen molar-refractivity contribution in [3.8, 4) is 5.75 Å². The Morgan fingerprint density at radius 1 is 0.805 bits per heavy atom. The van der Waals surface area contributed by atoms with Crippen LogP contribution in [-0.2, 0) is 9.59 Å². The average Bonchev–Trinajstić information content (AvgIpc) is 2.99. The summed E-state index contributed by atoms with van der Waals surface area (Å²) in [7, 11) is 0. The van der Waals surface area contributed by atoms with Crippen molar-refractivity contribution < 1.29 is 19.1 Å². The van der Waals surface area contributed by atoms with Crippen molar-refractivity contribution >= 4 is 62.9 Å². The van der Waals surface area contributed by atoms with Crippen LogP contribution in [0.15, 0.2) is 118 Å². The summed E-state index contributed by atoms with van der Waals surface area (Å²) in [6.07, 6.45) is 1.59. The highest BCUT2D eigenvalue weighted by Gasteiger charge is 2.16. The number of nitrogens with one attached hydrogen (secondary N) is 3. The molecule has 4 aromatic carbocycles. The average molecular weight is 631 g/mol. The predicted molar refractivity (Wildman–Crippen MR) is 168 cm³/mol. The fourth-order valence-corrected chi connectivity index (χ4v) is 4.66. The first-order chi connectivity index (χ1) is 19.9. The van der Waals surface area contributed by atoms with E-state index in [1.807, 2.05) is 67.6 Å². The van der Waals surface area contributed by atoms with Gasteiger partial charge in [0.05, 0.1) is 12.4 Å². The standard InChI is InChI=1S/C32H28BrN3O4S/c1-2-40-29-11-7-6-10-23(29)20-28(36-31(38)22-8-4-3-5-9-22)32(39)35-26-16-18-27(19-17-26)41-21-30(37)34-25-14-12-24(33)13-15-25/h3-20H,2,21H2,1H3,(H,34,37)(H,35,39)(H,36,38)/b28-20-. The van der Waals surface area contributed by atoms with Crippen LogP contribution in [0.3, 0.4) is 0 Å². The highest BCUT2D eigenvalue weighted by atomic mass is 79.9. The summed E-state index contributed by atoms with van der Waals surface area (Å²) >= 11 is 4.76. The van der Waals surface area contributed by atoms with Crippen LogP contribution in [0.4, 0.5) is 11.4 Å². The second-order valence-corrected chi connectivity index (χ2v) is 10.6.